The third kappa shape index (κ3) is 1.94. The predicted octanol–water partition coefficient (Wildman–Crippen LogP) is 3.61. The summed E-state index contributed by atoms with van der Waals surface area (Å²) in [6.45, 7) is 2.00. The largest absolute Gasteiger partial charge is 0.346 e. The molecule has 2 aromatic heterocycles. The van der Waals surface area contributed by atoms with E-state index in [1.54, 1.807) is 6.07 Å². The van der Waals surface area contributed by atoms with Gasteiger partial charge in [0.2, 0.25) is 0 Å². The van der Waals surface area contributed by atoms with Crippen LogP contribution in [0.5, 0.6) is 0 Å². The molecule has 0 amide bonds. The van der Waals surface area contributed by atoms with Crippen molar-refractivity contribution in [3.05, 3.63) is 50.7 Å². The molecular formula is C13H9ClN2OS. The Morgan fingerprint density at radius 1 is 1.33 bits per heavy atom. The van der Waals surface area contributed by atoms with Crippen LogP contribution in [0.15, 0.2) is 35.1 Å². The molecule has 3 nitrogen and oxygen atoms in total. The number of hydrogen-bond acceptors (Lipinski definition) is 3. The number of halogens is 1. The molecule has 0 aliphatic carbocycles. The van der Waals surface area contributed by atoms with E-state index >= 15 is 0 Å². The summed E-state index contributed by atoms with van der Waals surface area (Å²) in [7, 11) is 0. The Morgan fingerprint density at radius 2 is 2.17 bits per heavy atom. The highest BCUT2D eigenvalue weighted by atomic mass is 35.5. The van der Waals surface area contributed by atoms with Crippen molar-refractivity contribution in [3.63, 3.8) is 0 Å². The molecule has 0 saturated heterocycles. The number of aryl methyl sites for hydroxylation is 1. The number of nitrogens with one attached hydrogen (secondary N) is 1. The number of rotatable bonds is 1. The smallest absolute Gasteiger partial charge is 0.305 e. The number of benzene rings is 1. The summed E-state index contributed by atoms with van der Waals surface area (Å²) in [5.41, 5.74) is 1.33. The van der Waals surface area contributed by atoms with Gasteiger partial charge in [0, 0.05) is 20.8 Å². The standard InChI is InChI=1S/C13H9ClN2OS/c1-7-5-10-11(8-3-2-4-9(14)6-8)15-13(17)16-12(10)18-7/h2-6H,1H3,(H,15,16,17). The van der Waals surface area contributed by atoms with Crippen LogP contribution in [0.1, 0.15) is 4.88 Å². The number of nitrogens with zero attached hydrogens (tertiary/aromatic N) is 1. The number of fused-ring (bicyclic) bond motifs is 1. The van der Waals surface area contributed by atoms with Crippen LogP contribution in [0, 0.1) is 6.92 Å². The third-order valence-electron chi connectivity index (χ3n) is 2.65. The van der Waals surface area contributed by atoms with E-state index in [4.69, 9.17) is 11.6 Å². The topological polar surface area (TPSA) is 45.8 Å². The molecule has 3 rings (SSSR count). The number of aromatic nitrogens is 2. The Balaban J connectivity index is 2.37. The molecule has 0 atom stereocenters. The summed E-state index contributed by atoms with van der Waals surface area (Å²) in [6, 6.07) is 9.45. The zero-order valence-corrected chi connectivity index (χ0v) is 11.1. The molecule has 18 heavy (non-hydrogen) atoms. The number of thiophene rings is 1. The van der Waals surface area contributed by atoms with Crippen LogP contribution in [0.2, 0.25) is 5.02 Å². The molecule has 2 heterocycles. The lowest BCUT2D eigenvalue weighted by Gasteiger charge is -2.03. The Bertz CT molecular complexity index is 791. The van der Waals surface area contributed by atoms with Crippen molar-refractivity contribution in [2.45, 2.75) is 6.92 Å². The summed E-state index contributed by atoms with van der Waals surface area (Å²) in [5.74, 6) is 0. The van der Waals surface area contributed by atoms with Gasteiger partial charge in [0.1, 0.15) is 4.83 Å². The Kier molecular flexibility index (Phi) is 2.69. The van der Waals surface area contributed by atoms with Gasteiger partial charge in [-0.15, -0.1) is 11.3 Å². The van der Waals surface area contributed by atoms with Crippen molar-refractivity contribution in [3.8, 4) is 11.3 Å². The van der Waals surface area contributed by atoms with Gasteiger partial charge in [-0.25, -0.2) is 4.79 Å². The van der Waals surface area contributed by atoms with Gasteiger partial charge in [-0.2, -0.15) is 4.98 Å². The van der Waals surface area contributed by atoms with Gasteiger partial charge in [-0.05, 0) is 25.1 Å². The lowest BCUT2D eigenvalue weighted by molar-refractivity contribution is 1.13. The van der Waals surface area contributed by atoms with E-state index in [1.807, 2.05) is 31.2 Å². The van der Waals surface area contributed by atoms with Crippen LogP contribution < -0.4 is 5.69 Å². The molecule has 0 aliphatic heterocycles. The fourth-order valence-electron chi connectivity index (χ4n) is 1.93. The molecule has 3 aromatic rings. The van der Waals surface area contributed by atoms with E-state index in [0.29, 0.717) is 5.02 Å². The number of hydrogen-bond donors (Lipinski definition) is 1. The normalized spacial score (nSPS) is 11.0. The fraction of sp³-hybridized carbons (Fsp3) is 0.0769. The maximum absolute atomic E-state index is 11.6. The minimum absolute atomic E-state index is 0.334. The molecule has 0 bridgehead atoms. The maximum Gasteiger partial charge on any atom is 0.346 e. The molecule has 0 saturated carbocycles. The van der Waals surface area contributed by atoms with Gasteiger partial charge in [-0.1, -0.05) is 23.7 Å². The van der Waals surface area contributed by atoms with Crippen LogP contribution >= 0.6 is 22.9 Å². The zero-order valence-electron chi connectivity index (χ0n) is 9.53. The highest BCUT2D eigenvalue weighted by Crippen LogP contribution is 2.30. The van der Waals surface area contributed by atoms with Crippen molar-refractivity contribution in [1.82, 2.24) is 9.97 Å². The highest BCUT2D eigenvalue weighted by Gasteiger charge is 2.10. The summed E-state index contributed by atoms with van der Waals surface area (Å²) in [6.07, 6.45) is 0. The van der Waals surface area contributed by atoms with E-state index in [1.165, 1.54) is 11.3 Å². The lowest BCUT2D eigenvalue weighted by Crippen LogP contribution is -2.10. The van der Waals surface area contributed by atoms with Crippen LogP contribution in [0.25, 0.3) is 21.5 Å². The van der Waals surface area contributed by atoms with Gasteiger partial charge >= 0.3 is 5.69 Å². The summed E-state index contributed by atoms with van der Waals surface area (Å²) >= 11 is 7.50. The highest BCUT2D eigenvalue weighted by molar-refractivity contribution is 7.18. The average Bonchev–Trinajstić information content (AvgIpc) is 2.68. The van der Waals surface area contributed by atoms with Gasteiger partial charge in [0.15, 0.2) is 0 Å². The van der Waals surface area contributed by atoms with E-state index in [-0.39, 0.29) is 5.69 Å². The predicted molar refractivity (Wildman–Crippen MR) is 75.4 cm³/mol. The van der Waals surface area contributed by atoms with Crippen molar-refractivity contribution in [1.29, 1.82) is 0 Å². The molecule has 0 fully saturated rings. The molecular weight excluding hydrogens is 268 g/mol. The number of aromatic amines is 1. The van der Waals surface area contributed by atoms with Crippen molar-refractivity contribution in [2.24, 2.45) is 0 Å². The van der Waals surface area contributed by atoms with Gasteiger partial charge in [0.25, 0.3) is 0 Å². The first kappa shape index (κ1) is 11.4. The van der Waals surface area contributed by atoms with E-state index < -0.39 is 0 Å². The molecule has 0 radical (unpaired) electrons. The SMILES string of the molecule is Cc1cc2c(-c3cccc(Cl)c3)[nH]c(=O)nc2s1. The van der Waals surface area contributed by atoms with Crippen LogP contribution in [0.3, 0.4) is 0 Å². The van der Waals surface area contributed by atoms with Crippen molar-refractivity contribution >= 4 is 33.2 Å². The summed E-state index contributed by atoms with van der Waals surface area (Å²) < 4.78 is 0. The van der Waals surface area contributed by atoms with Crippen LogP contribution in [-0.4, -0.2) is 9.97 Å². The second-order valence-corrected chi connectivity index (χ2v) is 5.67. The van der Waals surface area contributed by atoms with Gasteiger partial charge in [-0.3, -0.25) is 0 Å². The van der Waals surface area contributed by atoms with Crippen molar-refractivity contribution in [2.75, 3.05) is 0 Å². The monoisotopic (exact) mass is 276 g/mol. The van der Waals surface area contributed by atoms with Crippen molar-refractivity contribution < 1.29 is 0 Å². The van der Waals surface area contributed by atoms with Crippen LogP contribution in [-0.2, 0) is 0 Å². The molecule has 1 aromatic carbocycles. The van der Waals surface area contributed by atoms with Gasteiger partial charge in [0.05, 0.1) is 5.69 Å². The second-order valence-electron chi connectivity index (χ2n) is 4.00. The zero-order chi connectivity index (χ0) is 12.7. The molecule has 90 valence electrons. The molecule has 0 spiro atoms. The second kappa shape index (κ2) is 4.23. The van der Waals surface area contributed by atoms with E-state index in [9.17, 15) is 4.79 Å². The van der Waals surface area contributed by atoms with E-state index in [0.717, 1.165) is 26.4 Å². The quantitative estimate of drug-likeness (QED) is 0.738. The lowest BCUT2D eigenvalue weighted by atomic mass is 10.1. The average molecular weight is 277 g/mol. The first-order valence-corrected chi connectivity index (χ1v) is 6.59. The maximum atomic E-state index is 11.6. The third-order valence-corrected chi connectivity index (χ3v) is 3.83. The van der Waals surface area contributed by atoms with Crippen LogP contribution in [0.4, 0.5) is 0 Å². The Labute approximate surface area is 112 Å². The minimum atomic E-state index is -0.334. The Morgan fingerprint density at radius 3 is 2.94 bits per heavy atom. The minimum Gasteiger partial charge on any atom is -0.305 e. The fourth-order valence-corrected chi connectivity index (χ4v) is 3.00. The Hall–Kier alpha value is -1.65. The first-order valence-electron chi connectivity index (χ1n) is 5.40. The molecule has 1 N–H and O–H groups in total. The molecule has 0 unspecified atom stereocenters. The molecule has 5 heteroatoms. The first-order chi connectivity index (χ1) is 8.63. The molecule has 0 aliphatic rings. The number of H-pyrrole nitrogens is 1. The summed E-state index contributed by atoms with van der Waals surface area (Å²) in [5, 5.41) is 1.60. The van der Waals surface area contributed by atoms with Gasteiger partial charge < -0.3 is 4.98 Å². The van der Waals surface area contributed by atoms with E-state index in [2.05, 4.69) is 9.97 Å². The summed E-state index contributed by atoms with van der Waals surface area (Å²) in [4.78, 5) is 20.2.